The van der Waals surface area contributed by atoms with Gasteiger partial charge in [0.05, 0.1) is 13.7 Å². The maximum atomic E-state index is 12.0. The minimum absolute atomic E-state index is 0.0230. The second kappa shape index (κ2) is 9.42. The van der Waals surface area contributed by atoms with Crippen LogP contribution < -0.4 is 20.5 Å². The lowest BCUT2D eigenvalue weighted by Gasteiger charge is -2.26. The molecule has 0 radical (unpaired) electrons. The van der Waals surface area contributed by atoms with E-state index in [1.165, 1.54) is 14.0 Å². The molecule has 2 rings (SSSR count). The van der Waals surface area contributed by atoms with Gasteiger partial charge in [0.15, 0.2) is 17.3 Å². The second-order valence-electron chi connectivity index (χ2n) is 6.55. The van der Waals surface area contributed by atoms with Crippen LogP contribution in [0.4, 0.5) is 0 Å². The summed E-state index contributed by atoms with van der Waals surface area (Å²) in [5.74, 6) is 1.14. The maximum Gasteiger partial charge on any atom is 0.220 e. The van der Waals surface area contributed by atoms with Crippen LogP contribution in [0.15, 0.2) is 18.2 Å². The molecule has 0 aliphatic heterocycles. The third-order valence-corrected chi connectivity index (χ3v) is 4.51. The summed E-state index contributed by atoms with van der Waals surface area (Å²) in [5.41, 5.74) is 6.45. The average molecular weight is 348 g/mol. The fourth-order valence-corrected chi connectivity index (χ4v) is 2.98. The van der Waals surface area contributed by atoms with E-state index in [-0.39, 0.29) is 23.8 Å². The molecule has 6 nitrogen and oxygen atoms in total. The van der Waals surface area contributed by atoms with E-state index in [9.17, 15) is 9.59 Å². The lowest BCUT2D eigenvalue weighted by atomic mass is 9.92. The Labute approximate surface area is 149 Å². The fraction of sp³-hybridized carbons (Fsp3) is 0.579. The van der Waals surface area contributed by atoms with Crippen molar-refractivity contribution in [1.82, 2.24) is 5.32 Å². The molecule has 1 amide bonds. The van der Waals surface area contributed by atoms with Crippen molar-refractivity contribution >= 4 is 11.7 Å². The van der Waals surface area contributed by atoms with Crippen LogP contribution in [0.25, 0.3) is 0 Å². The number of nitrogens with two attached hydrogens (primary N) is 1. The molecule has 1 saturated carbocycles. The van der Waals surface area contributed by atoms with Gasteiger partial charge in [0.25, 0.3) is 0 Å². The molecule has 1 aliphatic rings. The topological polar surface area (TPSA) is 90.6 Å². The first-order chi connectivity index (χ1) is 12.0. The Bertz CT molecular complexity index is 595. The molecule has 0 atom stereocenters. The van der Waals surface area contributed by atoms with Gasteiger partial charge in [-0.15, -0.1) is 0 Å². The minimum atomic E-state index is -0.0230. The van der Waals surface area contributed by atoms with Gasteiger partial charge in [0, 0.05) is 24.1 Å². The molecule has 6 heteroatoms. The maximum absolute atomic E-state index is 12.0. The smallest absolute Gasteiger partial charge is 0.220 e. The number of carbonyl (C=O) groups is 2. The molecule has 138 valence electrons. The summed E-state index contributed by atoms with van der Waals surface area (Å²) in [7, 11) is 1.54. The molecule has 25 heavy (non-hydrogen) atoms. The predicted molar refractivity (Wildman–Crippen MR) is 96.1 cm³/mol. The van der Waals surface area contributed by atoms with Crippen LogP contribution in [-0.4, -0.2) is 37.5 Å². The fourth-order valence-electron chi connectivity index (χ4n) is 2.98. The van der Waals surface area contributed by atoms with Crippen molar-refractivity contribution in [2.45, 2.75) is 57.5 Å². The number of ether oxygens (including phenoxy) is 2. The van der Waals surface area contributed by atoms with Crippen LogP contribution in [0.1, 0.15) is 55.8 Å². The van der Waals surface area contributed by atoms with Crippen LogP contribution in [-0.2, 0) is 4.79 Å². The summed E-state index contributed by atoms with van der Waals surface area (Å²) in [6.45, 7) is 1.92. The molecule has 0 bridgehead atoms. The molecular weight excluding hydrogens is 320 g/mol. The third kappa shape index (κ3) is 6.05. The number of rotatable bonds is 8. The molecule has 1 fully saturated rings. The largest absolute Gasteiger partial charge is 0.493 e. The Kier molecular flexibility index (Phi) is 7.25. The van der Waals surface area contributed by atoms with Crippen LogP contribution >= 0.6 is 0 Å². The van der Waals surface area contributed by atoms with Crippen molar-refractivity contribution in [3.05, 3.63) is 23.8 Å². The van der Waals surface area contributed by atoms with Gasteiger partial charge in [-0.3, -0.25) is 9.59 Å². The Balaban J connectivity index is 1.72. The van der Waals surface area contributed by atoms with Gasteiger partial charge in [-0.1, -0.05) is 0 Å². The van der Waals surface area contributed by atoms with E-state index < -0.39 is 0 Å². The first-order valence-electron chi connectivity index (χ1n) is 8.86. The molecule has 0 unspecified atom stereocenters. The van der Waals surface area contributed by atoms with Gasteiger partial charge >= 0.3 is 0 Å². The molecule has 0 heterocycles. The van der Waals surface area contributed by atoms with Crippen molar-refractivity contribution < 1.29 is 19.1 Å². The highest BCUT2D eigenvalue weighted by molar-refractivity contribution is 5.94. The highest BCUT2D eigenvalue weighted by atomic mass is 16.5. The first kappa shape index (κ1) is 19.2. The van der Waals surface area contributed by atoms with E-state index in [0.717, 1.165) is 25.7 Å². The van der Waals surface area contributed by atoms with Crippen LogP contribution in [0, 0.1) is 0 Å². The number of amides is 1. The number of hydrogen-bond acceptors (Lipinski definition) is 5. The third-order valence-electron chi connectivity index (χ3n) is 4.51. The quantitative estimate of drug-likeness (QED) is 0.556. The second-order valence-corrected chi connectivity index (χ2v) is 6.55. The summed E-state index contributed by atoms with van der Waals surface area (Å²) in [5, 5.41) is 3.07. The van der Waals surface area contributed by atoms with E-state index in [4.69, 9.17) is 15.2 Å². The van der Waals surface area contributed by atoms with Crippen molar-refractivity contribution in [2.24, 2.45) is 5.73 Å². The van der Waals surface area contributed by atoms with E-state index in [0.29, 0.717) is 36.5 Å². The summed E-state index contributed by atoms with van der Waals surface area (Å²) in [4.78, 5) is 23.4. The van der Waals surface area contributed by atoms with Gasteiger partial charge in [0.1, 0.15) is 0 Å². The molecule has 0 spiro atoms. The highest BCUT2D eigenvalue weighted by Crippen LogP contribution is 2.28. The molecule has 1 aromatic rings. The van der Waals surface area contributed by atoms with Crippen LogP contribution in [0.2, 0.25) is 0 Å². The van der Waals surface area contributed by atoms with Gasteiger partial charge < -0.3 is 20.5 Å². The number of ketones is 1. The number of methoxy groups -OCH3 is 1. The molecule has 0 saturated heterocycles. The normalized spacial score (nSPS) is 20.0. The average Bonchev–Trinajstić information content (AvgIpc) is 2.60. The summed E-state index contributed by atoms with van der Waals surface area (Å²) in [6, 6.07) is 5.64. The van der Waals surface area contributed by atoms with E-state index >= 15 is 0 Å². The Hall–Kier alpha value is -2.08. The summed E-state index contributed by atoms with van der Waals surface area (Å²) < 4.78 is 10.9. The van der Waals surface area contributed by atoms with E-state index in [1.54, 1.807) is 18.2 Å². The number of Topliss-reactive ketones (excluding diaryl/α,β-unsaturated/α-hetero) is 1. The summed E-state index contributed by atoms with van der Waals surface area (Å²) >= 11 is 0. The van der Waals surface area contributed by atoms with Gasteiger partial charge in [-0.25, -0.2) is 0 Å². The van der Waals surface area contributed by atoms with Crippen LogP contribution in [0.3, 0.4) is 0 Å². The Morgan fingerprint density at radius 1 is 1.20 bits per heavy atom. The Morgan fingerprint density at radius 2 is 1.92 bits per heavy atom. The van der Waals surface area contributed by atoms with Crippen molar-refractivity contribution in [2.75, 3.05) is 13.7 Å². The Morgan fingerprint density at radius 3 is 2.56 bits per heavy atom. The zero-order valence-electron chi connectivity index (χ0n) is 15.0. The molecule has 1 aromatic carbocycles. The van der Waals surface area contributed by atoms with Crippen molar-refractivity contribution in [3.8, 4) is 11.5 Å². The van der Waals surface area contributed by atoms with Crippen LogP contribution in [0.5, 0.6) is 11.5 Å². The predicted octanol–water partition coefficient (Wildman–Crippen LogP) is 2.44. The standard InChI is InChI=1S/C19H28N2O4/c1-13(22)14-5-10-17(18(12-14)24-2)25-11-3-4-19(23)21-16-8-6-15(20)7-9-16/h5,10,12,15-16H,3-4,6-9,11,20H2,1-2H3,(H,21,23). The molecule has 3 N–H and O–H groups in total. The van der Waals surface area contributed by atoms with Gasteiger partial charge in [0.2, 0.25) is 5.91 Å². The lowest BCUT2D eigenvalue weighted by molar-refractivity contribution is -0.122. The molecule has 0 aromatic heterocycles. The van der Waals surface area contributed by atoms with Gasteiger partial charge in [-0.2, -0.15) is 0 Å². The zero-order chi connectivity index (χ0) is 18.2. The number of nitrogens with one attached hydrogen (secondary N) is 1. The number of hydrogen-bond donors (Lipinski definition) is 2. The van der Waals surface area contributed by atoms with E-state index in [1.807, 2.05) is 0 Å². The molecule has 1 aliphatic carbocycles. The number of benzene rings is 1. The van der Waals surface area contributed by atoms with Crippen molar-refractivity contribution in [1.29, 1.82) is 0 Å². The first-order valence-corrected chi connectivity index (χ1v) is 8.86. The molecular formula is C19H28N2O4. The zero-order valence-corrected chi connectivity index (χ0v) is 15.0. The summed E-state index contributed by atoms with van der Waals surface area (Å²) in [6.07, 6.45) is 4.92. The number of carbonyl (C=O) groups excluding carboxylic acids is 2. The SMILES string of the molecule is COc1cc(C(C)=O)ccc1OCCCC(=O)NC1CCC(N)CC1. The lowest BCUT2D eigenvalue weighted by Crippen LogP contribution is -2.40. The minimum Gasteiger partial charge on any atom is -0.493 e. The highest BCUT2D eigenvalue weighted by Gasteiger charge is 2.19. The van der Waals surface area contributed by atoms with Gasteiger partial charge in [-0.05, 0) is 57.2 Å². The van der Waals surface area contributed by atoms with Crippen molar-refractivity contribution in [3.63, 3.8) is 0 Å². The monoisotopic (exact) mass is 348 g/mol. The van der Waals surface area contributed by atoms with E-state index in [2.05, 4.69) is 5.32 Å².